The van der Waals surface area contributed by atoms with Crippen molar-refractivity contribution in [2.24, 2.45) is 5.92 Å². The molecular formula is C30H28ClNO6S. The van der Waals surface area contributed by atoms with Crippen LogP contribution in [-0.4, -0.2) is 25.1 Å². The van der Waals surface area contributed by atoms with Gasteiger partial charge >= 0.3 is 5.97 Å². The van der Waals surface area contributed by atoms with Crippen molar-refractivity contribution in [2.45, 2.75) is 40.0 Å². The maximum absolute atomic E-state index is 13.5. The molecule has 0 saturated heterocycles. The van der Waals surface area contributed by atoms with Crippen LogP contribution in [0.15, 0.2) is 51.7 Å². The number of halogens is 1. The number of carbonyl (C=O) groups is 2. The number of fused-ring (bicyclic) bond motifs is 2. The van der Waals surface area contributed by atoms with Gasteiger partial charge in [0.25, 0.3) is 5.91 Å². The summed E-state index contributed by atoms with van der Waals surface area (Å²) < 4.78 is 17.2. The minimum atomic E-state index is -0.502. The minimum Gasteiger partial charge on any atom is -0.476 e. The fourth-order valence-corrected chi connectivity index (χ4v) is 6.31. The van der Waals surface area contributed by atoms with Crippen LogP contribution in [-0.2, 0) is 22.4 Å². The predicted molar refractivity (Wildman–Crippen MR) is 153 cm³/mol. The summed E-state index contributed by atoms with van der Waals surface area (Å²) in [5.74, 6) is -0.321. The van der Waals surface area contributed by atoms with Crippen molar-refractivity contribution in [1.29, 1.82) is 0 Å². The van der Waals surface area contributed by atoms with Gasteiger partial charge in [-0.1, -0.05) is 30.2 Å². The van der Waals surface area contributed by atoms with Crippen molar-refractivity contribution in [2.75, 3.05) is 18.5 Å². The lowest BCUT2D eigenvalue weighted by atomic mass is 9.88. The first-order valence-electron chi connectivity index (χ1n) is 12.8. The number of esters is 1. The average molecular weight is 566 g/mol. The number of ether oxygens (including phenoxy) is 2. The molecule has 0 aliphatic heterocycles. The highest BCUT2D eigenvalue weighted by Crippen LogP contribution is 2.40. The fourth-order valence-electron chi connectivity index (χ4n) is 4.77. The Bertz CT molecular complexity index is 1620. The summed E-state index contributed by atoms with van der Waals surface area (Å²) in [6.07, 6.45) is 2.58. The van der Waals surface area contributed by atoms with E-state index in [1.165, 1.54) is 11.3 Å². The Morgan fingerprint density at radius 1 is 1.18 bits per heavy atom. The highest BCUT2D eigenvalue weighted by molar-refractivity contribution is 7.17. The molecule has 202 valence electrons. The molecule has 1 unspecified atom stereocenters. The van der Waals surface area contributed by atoms with Gasteiger partial charge in [-0.15, -0.1) is 11.3 Å². The number of benzene rings is 2. The van der Waals surface area contributed by atoms with Gasteiger partial charge in [-0.2, -0.15) is 0 Å². The first-order valence-corrected chi connectivity index (χ1v) is 14.0. The highest BCUT2D eigenvalue weighted by Gasteiger charge is 2.29. The van der Waals surface area contributed by atoms with E-state index in [4.69, 9.17) is 25.5 Å². The predicted octanol–water partition coefficient (Wildman–Crippen LogP) is 6.80. The molecule has 0 saturated carbocycles. The second kappa shape index (κ2) is 11.2. The molecule has 1 amide bonds. The molecule has 0 radical (unpaired) electrons. The quantitative estimate of drug-likeness (QED) is 0.248. The van der Waals surface area contributed by atoms with Crippen molar-refractivity contribution in [1.82, 2.24) is 0 Å². The van der Waals surface area contributed by atoms with Gasteiger partial charge in [0.05, 0.1) is 17.6 Å². The maximum atomic E-state index is 13.5. The van der Waals surface area contributed by atoms with E-state index < -0.39 is 18.5 Å². The molecule has 7 nitrogen and oxygen atoms in total. The second-order valence-corrected chi connectivity index (χ2v) is 11.3. The van der Waals surface area contributed by atoms with Gasteiger partial charge in [0.2, 0.25) is 11.2 Å². The lowest BCUT2D eigenvalue weighted by Crippen LogP contribution is -2.23. The highest BCUT2D eigenvalue weighted by atomic mass is 35.5. The van der Waals surface area contributed by atoms with E-state index in [2.05, 4.69) is 12.2 Å². The fraction of sp³-hybridized carbons (Fsp3) is 0.300. The van der Waals surface area contributed by atoms with Crippen molar-refractivity contribution in [3.63, 3.8) is 0 Å². The zero-order valence-electron chi connectivity index (χ0n) is 21.9. The molecule has 1 atom stereocenters. The lowest BCUT2D eigenvalue weighted by molar-refractivity contribution is -0.118. The second-order valence-electron chi connectivity index (χ2n) is 9.71. The van der Waals surface area contributed by atoms with Crippen molar-refractivity contribution >= 4 is 50.8 Å². The molecule has 0 spiro atoms. The number of nitrogens with one attached hydrogen (secondary N) is 1. The molecule has 1 aliphatic rings. The monoisotopic (exact) mass is 565 g/mol. The third-order valence-electron chi connectivity index (χ3n) is 6.70. The number of amides is 1. The van der Waals surface area contributed by atoms with Crippen LogP contribution in [0.4, 0.5) is 5.00 Å². The molecule has 9 heteroatoms. The van der Waals surface area contributed by atoms with Crippen LogP contribution in [0.3, 0.4) is 0 Å². The molecule has 2 aromatic carbocycles. The van der Waals surface area contributed by atoms with Crippen molar-refractivity contribution in [3.8, 4) is 17.1 Å². The molecule has 2 heterocycles. The van der Waals surface area contributed by atoms with Crippen LogP contribution in [0.5, 0.6) is 5.75 Å². The topological polar surface area (TPSA) is 94.8 Å². The van der Waals surface area contributed by atoms with Crippen molar-refractivity contribution in [3.05, 3.63) is 79.3 Å². The van der Waals surface area contributed by atoms with Crippen LogP contribution < -0.4 is 15.5 Å². The molecule has 39 heavy (non-hydrogen) atoms. The average Bonchev–Trinajstić information content (AvgIpc) is 3.25. The molecule has 0 fully saturated rings. The van der Waals surface area contributed by atoms with Gasteiger partial charge in [0.1, 0.15) is 10.6 Å². The van der Waals surface area contributed by atoms with Gasteiger partial charge in [0, 0.05) is 15.5 Å². The summed E-state index contributed by atoms with van der Waals surface area (Å²) in [4.78, 5) is 40.5. The Kier molecular flexibility index (Phi) is 7.77. The summed E-state index contributed by atoms with van der Waals surface area (Å²) in [7, 11) is 0. The maximum Gasteiger partial charge on any atom is 0.341 e. The Balaban J connectivity index is 1.45. The van der Waals surface area contributed by atoms with Gasteiger partial charge in [0.15, 0.2) is 12.4 Å². The van der Waals surface area contributed by atoms with E-state index in [-0.39, 0.29) is 23.5 Å². The summed E-state index contributed by atoms with van der Waals surface area (Å²) >= 11 is 7.45. The summed E-state index contributed by atoms with van der Waals surface area (Å²) in [5.41, 5.74) is 2.86. The normalized spacial score (nSPS) is 14.6. The Morgan fingerprint density at radius 2 is 1.95 bits per heavy atom. The number of rotatable bonds is 7. The van der Waals surface area contributed by atoms with Gasteiger partial charge in [-0.05, 0) is 81.0 Å². The third-order valence-corrected chi connectivity index (χ3v) is 8.12. The number of hydrogen-bond donors (Lipinski definition) is 1. The van der Waals surface area contributed by atoms with E-state index in [1.54, 1.807) is 43.3 Å². The molecular weight excluding hydrogens is 538 g/mol. The largest absolute Gasteiger partial charge is 0.476 e. The zero-order valence-corrected chi connectivity index (χ0v) is 23.5. The first-order chi connectivity index (χ1) is 18.7. The number of aryl methyl sites for hydroxylation is 1. The van der Waals surface area contributed by atoms with Gasteiger partial charge < -0.3 is 19.2 Å². The van der Waals surface area contributed by atoms with Gasteiger partial charge in [-0.3, -0.25) is 9.59 Å². The van der Waals surface area contributed by atoms with E-state index >= 15 is 0 Å². The van der Waals surface area contributed by atoms with Gasteiger partial charge in [-0.25, -0.2) is 4.79 Å². The first kappa shape index (κ1) is 27.0. The van der Waals surface area contributed by atoms with Crippen LogP contribution in [0.2, 0.25) is 5.02 Å². The smallest absolute Gasteiger partial charge is 0.341 e. The Morgan fingerprint density at radius 3 is 2.69 bits per heavy atom. The van der Waals surface area contributed by atoms with E-state index in [0.29, 0.717) is 38.0 Å². The number of carbonyl (C=O) groups excluding carboxylic acids is 2. The van der Waals surface area contributed by atoms with Crippen LogP contribution in [0.1, 0.15) is 46.6 Å². The van der Waals surface area contributed by atoms with E-state index in [1.807, 2.05) is 13.0 Å². The SMILES string of the molecule is CCOC(=O)c1c(NC(=O)COc2c(-c3ccc(Cl)cc3)oc3ccc(C)cc3c2=O)sc2c1CCC(C)C2. The van der Waals surface area contributed by atoms with E-state index in [0.717, 1.165) is 35.3 Å². The summed E-state index contributed by atoms with van der Waals surface area (Å²) in [6, 6.07) is 12.1. The van der Waals surface area contributed by atoms with Crippen molar-refractivity contribution < 1.29 is 23.5 Å². The molecule has 1 N–H and O–H groups in total. The molecule has 5 rings (SSSR count). The minimum absolute atomic E-state index is 0.0736. The molecule has 0 bridgehead atoms. The lowest BCUT2D eigenvalue weighted by Gasteiger charge is -2.18. The van der Waals surface area contributed by atoms with Crippen LogP contribution >= 0.6 is 22.9 Å². The van der Waals surface area contributed by atoms with Crippen LogP contribution in [0, 0.1) is 12.8 Å². The summed E-state index contributed by atoms with van der Waals surface area (Å²) in [5, 5.41) is 4.16. The van der Waals surface area contributed by atoms with Crippen LogP contribution in [0.25, 0.3) is 22.3 Å². The molecule has 2 aromatic heterocycles. The number of hydrogen-bond acceptors (Lipinski definition) is 7. The Labute approximate surface area is 234 Å². The number of thiophene rings is 1. The zero-order chi connectivity index (χ0) is 27.7. The molecule has 1 aliphatic carbocycles. The third kappa shape index (κ3) is 5.58. The molecule has 4 aromatic rings. The summed E-state index contributed by atoms with van der Waals surface area (Å²) in [6.45, 7) is 5.58. The number of anilines is 1. The standard InChI is InChI=1S/C30H28ClNO6S/c1-4-36-30(35)25-20-11-5-17(3)14-23(20)39-29(25)32-24(33)15-37-28-26(34)21-13-16(2)6-12-22(21)38-27(28)18-7-9-19(31)10-8-18/h6-10,12-13,17H,4-5,11,14-15H2,1-3H3,(H,32,33). The van der Waals surface area contributed by atoms with E-state index in [9.17, 15) is 14.4 Å². The Hall–Kier alpha value is -3.62.